The molecule has 15 heavy (non-hydrogen) atoms. The second kappa shape index (κ2) is 5.11. The molecule has 1 aromatic carbocycles. The molecule has 0 atom stereocenters. The molecule has 1 aromatic rings. The van der Waals surface area contributed by atoms with Gasteiger partial charge in [-0.25, -0.2) is 0 Å². The topological polar surface area (TPSA) is 72.6 Å². The van der Waals surface area contributed by atoms with Gasteiger partial charge in [-0.1, -0.05) is 18.2 Å². The molecule has 1 rings (SSSR count). The summed E-state index contributed by atoms with van der Waals surface area (Å²) in [5, 5.41) is 19.2. The van der Waals surface area contributed by atoms with Crippen molar-refractivity contribution in [3.05, 3.63) is 40.0 Å². The van der Waals surface area contributed by atoms with Crippen molar-refractivity contribution in [1.82, 2.24) is 0 Å². The highest BCUT2D eigenvalue weighted by Crippen LogP contribution is 2.27. The molecule has 0 heterocycles. The van der Waals surface area contributed by atoms with E-state index >= 15 is 0 Å². The highest BCUT2D eigenvalue weighted by molar-refractivity contribution is 5.58. The van der Waals surface area contributed by atoms with Crippen molar-refractivity contribution in [2.24, 2.45) is 0 Å². The summed E-state index contributed by atoms with van der Waals surface area (Å²) in [6, 6.07) is 4.60. The summed E-state index contributed by atoms with van der Waals surface area (Å²) in [4.78, 5) is 10.2. The predicted octanol–water partition coefficient (Wildman–Crippen LogP) is 1.61. The fourth-order valence-electron chi connectivity index (χ4n) is 1.14. The molecular weight excluding hydrogens is 198 g/mol. The fourth-order valence-corrected chi connectivity index (χ4v) is 1.14. The number of aliphatic hydroxyl groups excluding tert-OH is 1. The summed E-state index contributed by atoms with van der Waals surface area (Å²) in [6.07, 6.45) is 3.11. The van der Waals surface area contributed by atoms with E-state index in [-0.39, 0.29) is 18.0 Å². The quantitative estimate of drug-likeness (QED) is 0.604. The van der Waals surface area contributed by atoms with Crippen molar-refractivity contribution in [2.75, 3.05) is 13.7 Å². The monoisotopic (exact) mass is 209 g/mol. The minimum absolute atomic E-state index is 0.0856. The predicted molar refractivity (Wildman–Crippen MR) is 55.8 cm³/mol. The Morgan fingerprint density at radius 1 is 1.60 bits per heavy atom. The van der Waals surface area contributed by atoms with E-state index in [2.05, 4.69) is 0 Å². The molecule has 0 aromatic heterocycles. The van der Waals surface area contributed by atoms with Crippen LogP contribution in [-0.4, -0.2) is 23.7 Å². The van der Waals surface area contributed by atoms with Crippen LogP contribution in [-0.2, 0) is 0 Å². The van der Waals surface area contributed by atoms with E-state index in [9.17, 15) is 10.1 Å². The average molecular weight is 209 g/mol. The van der Waals surface area contributed by atoms with Gasteiger partial charge in [-0.15, -0.1) is 0 Å². The van der Waals surface area contributed by atoms with Gasteiger partial charge in [0.25, 0.3) is 0 Å². The van der Waals surface area contributed by atoms with E-state index in [0.29, 0.717) is 5.56 Å². The Bertz CT molecular complexity index is 387. The second-order valence-corrected chi connectivity index (χ2v) is 2.77. The molecule has 0 saturated heterocycles. The maximum Gasteiger partial charge on any atom is 0.311 e. The molecule has 1 N–H and O–H groups in total. The van der Waals surface area contributed by atoms with E-state index in [4.69, 9.17) is 9.84 Å². The largest absolute Gasteiger partial charge is 0.490 e. The number of methoxy groups -OCH3 is 1. The third-order valence-electron chi connectivity index (χ3n) is 1.82. The first-order valence-electron chi connectivity index (χ1n) is 4.29. The van der Waals surface area contributed by atoms with Gasteiger partial charge in [-0.3, -0.25) is 10.1 Å². The first-order chi connectivity index (χ1) is 7.19. The molecule has 0 aliphatic rings. The number of nitro groups is 1. The lowest BCUT2D eigenvalue weighted by Crippen LogP contribution is -1.93. The van der Waals surface area contributed by atoms with Gasteiger partial charge >= 0.3 is 5.69 Å². The third kappa shape index (κ3) is 2.78. The molecule has 0 fully saturated rings. The first kappa shape index (κ1) is 11.2. The van der Waals surface area contributed by atoms with Crippen LogP contribution in [0.3, 0.4) is 0 Å². The number of hydrogen-bond donors (Lipinski definition) is 1. The van der Waals surface area contributed by atoms with Crippen LogP contribution in [0, 0.1) is 10.1 Å². The summed E-state index contributed by atoms with van der Waals surface area (Å²) < 4.78 is 4.85. The Hall–Kier alpha value is -1.88. The zero-order valence-corrected chi connectivity index (χ0v) is 8.21. The average Bonchev–Trinajstić information content (AvgIpc) is 2.25. The van der Waals surface area contributed by atoms with Gasteiger partial charge in [0.15, 0.2) is 5.75 Å². The van der Waals surface area contributed by atoms with Crippen molar-refractivity contribution in [3.63, 3.8) is 0 Å². The van der Waals surface area contributed by atoms with Gasteiger partial charge < -0.3 is 9.84 Å². The van der Waals surface area contributed by atoms with Crippen LogP contribution in [0.15, 0.2) is 24.3 Å². The summed E-state index contributed by atoms with van der Waals surface area (Å²) in [5.41, 5.74) is 0.564. The molecule has 5 nitrogen and oxygen atoms in total. The number of hydrogen-bond acceptors (Lipinski definition) is 4. The van der Waals surface area contributed by atoms with Crippen LogP contribution in [0.25, 0.3) is 6.08 Å². The van der Waals surface area contributed by atoms with E-state index in [1.165, 1.54) is 25.3 Å². The molecule has 80 valence electrons. The minimum Gasteiger partial charge on any atom is -0.490 e. The van der Waals surface area contributed by atoms with Gasteiger partial charge in [0.05, 0.1) is 18.6 Å². The Kier molecular flexibility index (Phi) is 3.82. The molecule has 0 aliphatic carbocycles. The lowest BCUT2D eigenvalue weighted by atomic mass is 10.2. The van der Waals surface area contributed by atoms with Gasteiger partial charge in [0, 0.05) is 6.07 Å². The summed E-state index contributed by atoms with van der Waals surface area (Å²) in [7, 11) is 1.38. The molecular formula is C10H11NO4. The normalized spacial score (nSPS) is 10.5. The second-order valence-electron chi connectivity index (χ2n) is 2.77. The minimum atomic E-state index is -0.505. The summed E-state index contributed by atoms with van der Waals surface area (Å²) in [5.74, 6) is 0.223. The van der Waals surface area contributed by atoms with Crippen LogP contribution >= 0.6 is 0 Å². The van der Waals surface area contributed by atoms with E-state index in [0.717, 1.165) is 0 Å². The molecule has 0 amide bonds. The molecule has 0 saturated carbocycles. The number of rotatable bonds is 4. The lowest BCUT2D eigenvalue weighted by Gasteiger charge is -2.01. The Morgan fingerprint density at radius 3 is 2.87 bits per heavy atom. The first-order valence-corrected chi connectivity index (χ1v) is 4.29. The van der Waals surface area contributed by atoms with E-state index in [1.807, 2.05) is 0 Å². The third-order valence-corrected chi connectivity index (χ3v) is 1.82. The van der Waals surface area contributed by atoms with Crippen molar-refractivity contribution >= 4 is 11.8 Å². The molecule has 0 spiro atoms. The van der Waals surface area contributed by atoms with Crippen LogP contribution in [0.1, 0.15) is 5.56 Å². The number of aliphatic hydroxyl groups is 1. The number of nitro benzene ring substituents is 1. The molecule has 5 heteroatoms. The Labute approximate surface area is 86.8 Å². The van der Waals surface area contributed by atoms with Crippen molar-refractivity contribution in [3.8, 4) is 5.75 Å². The van der Waals surface area contributed by atoms with Crippen LogP contribution in [0.5, 0.6) is 5.75 Å². The highest BCUT2D eigenvalue weighted by atomic mass is 16.6. The number of nitrogens with zero attached hydrogens (tertiary/aromatic N) is 1. The number of benzene rings is 1. The molecule has 0 bridgehead atoms. The Balaban J connectivity index is 3.10. The number of ether oxygens (including phenoxy) is 1. The maximum atomic E-state index is 10.7. The van der Waals surface area contributed by atoms with Crippen LogP contribution in [0.2, 0.25) is 0 Å². The zero-order valence-electron chi connectivity index (χ0n) is 8.21. The van der Waals surface area contributed by atoms with Crippen LogP contribution < -0.4 is 4.74 Å². The van der Waals surface area contributed by atoms with E-state index in [1.54, 1.807) is 12.1 Å². The van der Waals surface area contributed by atoms with E-state index < -0.39 is 4.92 Å². The lowest BCUT2D eigenvalue weighted by molar-refractivity contribution is -0.385. The molecule has 0 unspecified atom stereocenters. The van der Waals surface area contributed by atoms with Gasteiger partial charge in [-0.2, -0.15) is 0 Å². The van der Waals surface area contributed by atoms with Crippen molar-refractivity contribution < 1.29 is 14.8 Å². The van der Waals surface area contributed by atoms with Crippen LogP contribution in [0.4, 0.5) is 5.69 Å². The summed E-state index contributed by atoms with van der Waals surface area (Å²) in [6.45, 7) is -0.0974. The summed E-state index contributed by atoms with van der Waals surface area (Å²) >= 11 is 0. The zero-order chi connectivity index (χ0) is 11.3. The SMILES string of the molecule is COc1ccc(C=CCO)cc1[N+](=O)[O-]. The van der Waals surface area contributed by atoms with Gasteiger partial charge in [0.1, 0.15) is 0 Å². The smallest absolute Gasteiger partial charge is 0.311 e. The maximum absolute atomic E-state index is 10.7. The molecule has 0 aliphatic heterocycles. The van der Waals surface area contributed by atoms with Gasteiger partial charge in [-0.05, 0) is 11.6 Å². The molecule has 0 radical (unpaired) electrons. The van der Waals surface area contributed by atoms with Crippen molar-refractivity contribution in [1.29, 1.82) is 0 Å². The Morgan fingerprint density at radius 2 is 2.33 bits per heavy atom. The fraction of sp³-hybridized carbons (Fsp3) is 0.200. The van der Waals surface area contributed by atoms with Gasteiger partial charge in [0.2, 0.25) is 0 Å². The standard InChI is InChI=1S/C10H11NO4/c1-15-10-5-4-8(3-2-6-12)7-9(10)11(13)14/h2-5,7,12H,6H2,1H3. The highest BCUT2D eigenvalue weighted by Gasteiger charge is 2.13. The van der Waals surface area contributed by atoms with Crippen molar-refractivity contribution in [2.45, 2.75) is 0 Å².